The van der Waals surface area contributed by atoms with Crippen molar-refractivity contribution < 1.29 is 38.1 Å². The zero-order valence-corrected chi connectivity index (χ0v) is 26.3. The fourth-order valence-electron chi connectivity index (χ4n) is 2.87. The van der Waals surface area contributed by atoms with Crippen LogP contribution in [0.2, 0.25) is 0 Å². The highest BCUT2D eigenvalue weighted by Crippen LogP contribution is 1.99. The van der Waals surface area contributed by atoms with E-state index in [0.29, 0.717) is 65.8 Å². The van der Waals surface area contributed by atoms with Crippen LogP contribution in [0.3, 0.4) is 0 Å². The van der Waals surface area contributed by atoms with Gasteiger partial charge in [-0.2, -0.15) is 0 Å². The first-order chi connectivity index (χ1) is 19.7. The molecule has 2 atom stereocenters. The molecule has 0 aliphatic heterocycles. The van der Waals surface area contributed by atoms with E-state index in [0.717, 1.165) is 25.5 Å². The molecule has 0 aromatic rings. The minimum absolute atomic E-state index is 0.0504. The number of rotatable bonds is 25. The molecule has 0 aliphatic carbocycles. The third-order valence-electron chi connectivity index (χ3n) is 5.22. The maximum absolute atomic E-state index is 11.7. The number of nitrogens with one attached hydrogen (secondary N) is 3. The molecule has 0 spiro atoms. The summed E-state index contributed by atoms with van der Waals surface area (Å²) in [7, 11) is 1.71. The summed E-state index contributed by atoms with van der Waals surface area (Å²) in [5, 5.41) is 8.24. The normalized spacial score (nSPS) is 11.8. The Morgan fingerprint density at radius 1 is 0.829 bits per heavy atom. The van der Waals surface area contributed by atoms with Gasteiger partial charge < -0.3 is 51.2 Å². The fraction of sp³-hybridized carbons (Fsp3) is 0.857. The molecule has 13 heteroatoms. The van der Waals surface area contributed by atoms with E-state index >= 15 is 0 Å². The summed E-state index contributed by atoms with van der Waals surface area (Å²) in [4.78, 5) is 44.3. The van der Waals surface area contributed by atoms with Crippen molar-refractivity contribution in [2.24, 2.45) is 17.4 Å². The van der Waals surface area contributed by atoms with Gasteiger partial charge in [0.05, 0.1) is 64.9 Å². The van der Waals surface area contributed by atoms with Crippen LogP contribution in [0.25, 0.3) is 0 Å². The molecule has 0 saturated carbocycles. The number of hydrogen-bond donors (Lipinski definition) is 5. The van der Waals surface area contributed by atoms with Crippen molar-refractivity contribution in [1.82, 2.24) is 16.0 Å². The number of amides is 3. The quantitative estimate of drug-likeness (QED) is 0.0736. The van der Waals surface area contributed by atoms with Gasteiger partial charge in [-0.05, 0) is 38.8 Å². The Hall–Kier alpha value is -2.16. The van der Waals surface area contributed by atoms with E-state index in [1.165, 1.54) is 0 Å². The molecule has 0 aliphatic rings. The van der Waals surface area contributed by atoms with Crippen molar-refractivity contribution in [3.63, 3.8) is 0 Å². The van der Waals surface area contributed by atoms with Crippen molar-refractivity contribution in [1.29, 1.82) is 0 Å². The Morgan fingerprint density at radius 3 is 1.76 bits per heavy atom. The second-order valence-corrected chi connectivity index (χ2v) is 8.95. The zero-order chi connectivity index (χ0) is 31.7. The van der Waals surface area contributed by atoms with Crippen molar-refractivity contribution in [2.75, 3.05) is 73.0 Å². The van der Waals surface area contributed by atoms with Crippen LogP contribution in [0.1, 0.15) is 66.7 Å². The highest BCUT2D eigenvalue weighted by atomic mass is 16.6. The molecule has 0 aromatic carbocycles. The SMILES string of the molecule is CC.CCCC(=O)NCCOCCOCCOCCOCCC(=O)NC(C=O)C(C)C.CNC(CCCN)C(N)=O. The number of ether oxygens (including phenoxy) is 4. The molecular weight excluding hydrogens is 534 g/mol. The number of carbonyl (C=O) groups is 4. The molecule has 244 valence electrons. The van der Waals surface area contributed by atoms with Gasteiger partial charge in [0.2, 0.25) is 17.7 Å². The third kappa shape index (κ3) is 32.2. The monoisotopic (exact) mass is 593 g/mol. The molecule has 0 rings (SSSR count). The molecule has 0 fully saturated rings. The van der Waals surface area contributed by atoms with Crippen LogP contribution >= 0.6 is 0 Å². The zero-order valence-electron chi connectivity index (χ0n) is 26.3. The van der Waals surface area contributed by atoms with Gasteiger partial charge in [-0.1, -0.05) is 34.6 Å². The van der Waals surface area contributed by atoms with Crippen LogP contribution in [0.15, 0.2) is 0 Å². The summed E-state index contributed by atoms with van der Waals surface area (Å²) in [5.74, 6) is -0.390. The van der Waals surface area contributed by atoms with E-state index in [2.05, 4.69) is 16.0 Å². The first kappa shape index (κ1) is 43.3. The van der Waals surface area contributed by atoms with Crippen molar-refractivity contribution in [3.05, 3.63) is 0 Å². The summed E-state index contributed by atoms with van der Waals surface area (Å²) >= 11 is 0. The molecule has 2 unspecified atom stereocenters. The lowest BCUT2D eigenvalue weighted by Gasteiger charge is -2.16. The number of primary amides is 1. The molecule has 0 heterocycles. The highest BCUT2D eigenvalue weighted by Gasteiger charge is 2.14. The van der Waals surface area contributed by atoms with E-state index < -0.39 is 6.04 Å². The van der Waals surface area contributed by atoms with Crippen LogP contribution in [0, 0.1) is 5.92 Å². The van der Waals surface area contributed by atoms with Gasteiger partial charge in [0.15, 0.2) is 0 Å². The average Bonchev–Trinajstić information content (AvgIpc) is 2.95. The van der Waals surface area contributed by atoms with E-state index in [1.807, 2.05) is 34.6 Å². The predicted molar refractivity (Wildman–Crippen MR) is 160 cm³/mol. The van der Waals surface area contributed by atoms with Gasteiger partial charge in [0, 0.05) is 19.4 Å². The number of carbonyl (C=O) groups excluding carboxylic acids is 4. The Bertz CT molecular complexity index is 626. The van der Waals surface area contributed by atoms with Crippen LogP contribution in [0.5, 0.6) is 0 Å². The van der Waals surface area contributed by atoms with E-state index in [9.17, 15) is 19.2 Å². The molecule has 0 saturated heterocycles. The number of nitrogens with two attached hydrogens (primary N) is 2. The summed E-state index contributed by atoms with van der Waals surface area (Å²) < 4.78 is 21.4. The lowest BCUT2D eigenvalue weighted by atomic mass is 10.1. The lowest BCUT2D eigenvalue weighted by molar-refractivity contribution is -0.125. The van der Waals surface area contributed by atoms with Crippen LogP contribution in [-0.4, -0.2) is 109 Å². The maximum Gasteiger partial charge on any atom is 0.234 e. The number of likely N-dealkylation sites (N-methyl/N-ethyl adjacent to an activating group) is 1. The molecule has 7 N–H and O–H groups in total. The van der Waals surface area contributed by atoms with Gasteiger partial charge in [0.25, 0.3) is 0 Å². The van der Waals surface area contributed by atoms with Crippen LogP contribution in [0.4, 0.5) is 0 Å². The molecule has 13 nitrogen and oxygen atoms in total. The topological polar surface area (TPSA) is 193 Å². The van der Waals surface area contributed by atoms with Crippen molar-refractivity contribution >= 4 is 24.0 Å². The summed E-state index contributed by atoms with van der Waals surface area (Å²) in [6.07, 6.45) is 3.90. The van der Waals surface area contributed by atoms with E-state index in [1.54, 1.807) is 7.05 Å². The summed E-state index contributed by atoms with van der Waals surface area (Å²) in [6.45, 7) is 14.2. The molecule has 0 radical (unpaired) electrons. The Kier molecular flexibility index (Phi) is 35.9. The molecule has 0 aromatic heterocycles. The molecule has 0 bridgehead atoms. The lowest BCUT2D eigenvalue weighted by Crippen LogP contribution is -2.40. The number of hydrogen-bond acceptors (Lipinski definition) is 10. The largest absolute Gasteiger partial charge is 0.379 e. The Morgan fingerprint density at radius 2 is 1.34 bits per heavy atom. The standard InChI is InChI=1S/C20H38N2O7.C6H15N3O.C2H6/c1-4-5-19(24)21-7-9-27-11-13-29-15-14-28-12-10-26-8-6-20(25)22-18(16-23)17(2)3;1-9-5(6(8)10)3-2-4-7;1-2/h16-18H,4-15H2,1-3H3,(H,21,24)(H,22,25);5,9H,2-4,7H2,1H3,(H2,8,10);1-2H3. The highest BCUT2D eigenvalue weighted by molar-refractivity contribution is 5.80. The average molecular weight is 594 g/mol. The number of aldehydes is 1. The first-order valence-corrected chi connectivity index (χ1v) is 14.7. The maximum atomic E-state index is 11.7. The van der Waals surface area contributed by atoms with Gasteiger partial charge in [-0.25, -0.2) is 0 Å². The van der Waals surface area contributed by atoms with E-state index in [4.69, 9.17) is 30.4 Å². The van der Waals surface area contributed by atoms with Gasteiger partial charge >= 0.3 is 0 Å². The minimum Gasteiger partial charge on any atom is -0.379 e. The Balaban J connectivity index is -0.00000101. The van der Waals surface area contributed by atoms with Crippen LogP contribution in [-0.2, 0) is 38.1 Å². The van der Waals surface area contributed by atoms with Gasteiger partial charge in [-0.3, -0.25) is 14.4 Å². The predicted octanol–water partition coefficient (Wildman–Crippen LogP) is 0.524. The summed E-state index contributed by atoms with van der Waals surface area (Å²) in [6, 6.07) is -0.675. The molecule has 41 heavy (non-hydrogen) atoms. The molecule has 3 amide bonds. The summed E-state index contributed by atoms with van der Waals surface area (Å²) in [5.41, 5.74) is 10.3. The third-order valence-corrected chi connectivity index (χ3v) is 5.22. The second-order valence-electron chi connectivity index (χ2n) is 8.95. The molecular formula is C28H59N5O8. The smallest absolute Gasteiger partial charge is 0.234 e. The van der Waals surface area contributed by atoms with Crippen LogP contribution < -0.4 is 27.4 Å². The second kappa shape index (κ2) is 34.0. The first-order valence-electron chi connectivity index (χ1n) is 14.7. The van der Waals surface area contributed by atoms with Crippen molar-refractivity contribution in [2.45, 2.75) is 78.8 Å². The Labute approximate surface area is 247 Å². The fourth-order valence-corrected chi connectivity index (χ4v) is 2.87. The van der Waals surface area contributed by atoms with Gasteiger partial charge in [-0.15, -0.1) is 0 Å². The minimum atomic E-state index is -0.456. The van der Waals surface area contributed by atoms with Crippen molar-refractivity contribution in [3.8, 4) is 0 Å². The van der Waals surface area contributed by atoms with E-state index in [-0.39, 0.29) is 42.7 Å². The van der Waals surface area contributed by atoms with Gasteiger partial charge in [0.1, 0.15) is 6.29 Å².